The van der Waals surface area contributed by atoms with Crippen molar-refractivity contribution in [2.45, 2.75) is 31.3 Å². The minimum Gasteiger partial charge on any atom is -0.384 e. The largest absolute Gasteiger partial charge is 0.384 e. The van der Waals surface area contributed by atoms with Gasteiger partial charge in [0.05, 0.1) is 0 Å². The van der Waals surface area contributed by atoms with Crippen LogP contribution in [0.15, 0.2) is 36.2 Å². The molecule has 2 heteroatoms. The van der Waals surface area contributed by atoms with E-state index in [1.54, 1.807) is 0 Å². The van der Waals surface area contributed by atoms with Crippen molar-refractivity contribution in [3.63, 3.8) is 0 Å². The molecule has 0 aromatic rings. The van der Waals surface area contributed by atoms with Crippen LogP contribution in [0.5, 0.6) is 0 Å². The molecular formula is C11H15NO. The van der Waals surface area contributed by atoms with Gasteiger partial charge in [-0.3, -0.25) is 0 Å². The number of nitrogens with one attached hydrogen (secondary N) is 1. The van der Waals surface area contributed by atoms with E-state index in [1.807, 2.05) is 30.5 Å². The zero-order valence-corrected chi connectivity index (χ0v) is 7.66. The fourth-order valence-corrected chi connectivity index (χ4v) is 1.98. The van der Waals surface area contributed by atoms with Gasteiger partial charge < -0.3 is 10.4 Å². The number of rotatable bonds is 1. The monoisotopic (exact) mass is 177 g/mol. The van der Waals surface area contributed by atoms with Crippen LogP contribution in [0, 0.1) is 0 Å². The summed E-state index contributed by atoms with van der Waals surface area (Å²) in [6.45, 7) is 0. The summed E-state index contributed by atoms with van der Waals surface area (Å²) < 4.78 is 0. The number of aliphatic hydroxyl groups is 1. The summed E-state index contributed by atoms with van der Waals surface area (Å²) >= 11 is 0. The van der Waals surface area contributed by atoms with Crippen molar-refractivity contribution in [2.24, 2.45) is 0 Å². The summed E-state index contributed by atoms with van der Waals surface area (Å²) in [5.41, 5.74) is 0.342. The zero-order valence-electron chi connectivity index (χ0n) is 7.66. The third-order valence-corrected chi connectivity index (χ3v) is 2.75. The molecule has 2 rings (SSSR count). The quantitative estimate of drug-likeness (QED) is 0.640. The van der Waals surface area contributed by atoms with Crippen LogP contribution in [0.2, 0.25) is 0 Å². The third kappa shape index (κ3) is 1.68. The molecule has 0 aromatic carbocycles. The predicted octanol–water partition coefficient (Wildman–Crippen LogP) is 1.85. The van der Waals surface area contributed by atoms with Crippen LogP contribution < -0.4 is 5.32 Å². The minimum atomic E-state index is -0.598. The summed E-state index contributed by atoms with van der Waals surface area (Å²) in [5, 5.41) is 13.4. The van der Waals surface area contributed by atoms with E-state index in [1.165, 1.54) is 0 Å². The summed E-state index contributed by atoms with van der Waals surface area (Å²) in [7, 11) is 0. The first-order chi connectivity index (χ1) is 6.31. The lowest BCUT2D eigenvalue weighted by Crippen LogP contribution is -2.33. The van der Waals surface area contributed by atoms with Crippen LogP contribution in [-0.4, -0.2) is 10.7 Å². The van der Waals surface area contributed by atoms with Crippen LogP contribution in [-0.2, 0) is 0 Å². The van der Waals surface area contributed by atoms with Gasteiger partial charge in [-0.1, -0.05) is 25.0 Å². The third-order valence-electron chi connectivity index (χ3n) is 2.75. The average Bonchev–Trinajstić information content (AvgIpc) is 2.44. The maximum absolute atomic E-state index is 10.2. The molecule has 0 aromatic heterocycles. The molecular weight excluding hydrogens is 162 g/mol. The van der Waals surface area contributed by atoms with Gasteiger partial charge in [-0.25, -0.2) is 0 Å². The van der Waals surface area contributed by atoms with E-state index in [-0.39, 0.29) is 0 Å². The highest BCUT2D eigenvalue weighted by atomic mass is 16.3. The molecule has 0 spiro atoms. The van der Waals surface area contributed by atoms with Gasteiger partial charge in [-0.15, -0.1) is 0 Å². The van der Waals surface area contributed by atoms with Crippen molar-refractivity contribution in [3.05, 3.63) is 36.2 Å². The Morgan fingerprint density at radius 1 is 1.15 bits per heavy atom. The van der Waals surface area contributed by atoms with E-state index in [0.717, 1.165) is 31.4 Å². The molecule has 13 heavy (non-hydrogen) atoms. The second-order valence-electron chi connectivity index (χ2n) is 3.71. The summed E-state index contributed by atoms with van der Waals surface area (Å²) in [4.78, 5) is 0. The zero-order chi connectivity index (χ0) is 9.15. The first-order valence-electron chi connectivity index (χ1n) is 4.84. The number of hydrogen-bond donors (Lipinski definition) is 2. The van der Waals surface area contributed by atoms with Crippen LogP contribution in [0.3, 0.4) is 0 Å². The van der Waals surface area contributed by atoms with Gasteiger partial charge in [0.15, 0.2) is 0 Å². The van der Waals surface area contributed by atoms with Gasteiger partial charge in [0.1, 0.15) is 5.60 Å². The Hall–Kier alpha value is -1.02. The van der Waals surface area contributed by atoms with Crippen LogP contribution >= 0.6 is 0 Å². The summed E-state index contributed by atoms with van der Waals surface area (Å²) in [5.74, 6) is 0. The molecule has 1 aliphatic heterocycles. The molecule has 1 heterocycles. The maximum atomic E-state index is 10.2. The average molecular weight is 177 g/mol. The Bertz CT molecular complexity index is 270. The second-order valence-corrected chi connectivity index (χ2v) is 3.71. The van der Waals surface area contributed by atoms with Crippen molar-refractivity contribution in [2.75, 3.05) is 0 Å². The first-order valence-corrected chi connectivity index (χ1v) is 4.84. The van der Waals surface area contributed by atoms with E-state index >= 15 is 0 Å². The van der Waals surface area contributed by atoms with Crippen molar-refractivity contribution in [3.8, 4) is 0 Å². The lowest BCUT2D eigenvalue weighted by Gasteiger charge is -2.25. The molecule has 0 radical (unpaired) electrons. The van der Waals surface area contributed by atoms with Gasteiger partial charge in [-0.2, -0.15) is 0 Å². The first kappa shape index (κ1) is 8.57. The Balaban J connectivity index is 2.19. The molecule has 0 unspecified atom stereocenters. The molecule has 0 saturated heterocycles. The molecule has 2 aliphatic rings. The van der Waals surface area contributed by atoms with Crippen molar-refractivity contribution in [1.29, 1.82) is 0 Å². The highest BCUT2D eigenvalue weighted by Gasteiger charge is 2.34. The second kappa shape index (κ2) is 3.38. The van der Waals surface area contributed by atoms with Gasteiger partial charge in [0, 0.05) is 11.9 Å². The maximum Gasteiger partial charge on any atom is 0.104 e. The fraction of sp³-hybridized carbons (Fsp3) is 0.455. The van der Waals surface area contributed by atoms with E-state index in [9.17, 15) is 5.11 Å². The highest BCUT2D eigenvalue weighted by Crippen LogP contribution is 2.34. The van der Waals surface area contributed by atoms with Crippen molar-refractivity contribution in [1.82, 2.24) is 5.32 Å². The Morgan fingerprint density at radius 2 is 1.92 bits per heavy atom. The van der Waals surface area contributed by atoms with Crippen LogP contribution in [0.25, 0.3) is 0 Å². The molecule has 0 amide bonds. The van der Waals surface area contributed by atoms with E-state index < -0.39 is 5.60 Å². The Labute approximate surface area is 78.7 Å². The standard InChI is InChI=1S/C11H15NO/c13-11(7-3-4-8-11)10-6-2-1-5-9-12-10/h1-2,5-6,9,12-13H,3-4,7-8H2. The minimum absolute atomic E-state index is 0.598. The normalized spacial score (nSPS) is 25.2. The number of allylic oxidation sites excluding steroid dienone is 4. The van der Waals surface area contributed by atoms with Crippen molar-refractivity contribution >= 4 is 0 Å². The fourth-order valence-electron chi connectivity index (χ4n) is 1.98. The SMILES string of the molecule is OC1(C2=CC=CC=CN2)CCCC1. The molecule has 2 nitrogen and oxygen atoms in total. The summed E-state index contributed by atoms with van der Waals surface area (Å²) in [6.07, 6.45) is 13.7. The number of hydrogen-bond acceptors (Lipinski definition) is 2. The molecule has 2 N–H and O–H groups in total. The van der Waals surface area contributed by atoms with Gasteiger partial charge in [0.2, 0.25) is 0 Å². The topological polar surface area (TPSA) is 32.3 Å². The Morgan fingerprint density at radius 3 is 2.69 bits per heavy atom. The summed E-state index contributed by atoms with van der Waals surface area (Å²) in [6, 6.07) is 0. The Kier molecular flexibility index (Phi) is 2.23. The molecule has 0 atom stereocenters. The van der Waals surface area contributed by atoms with Crippen molar-refractivity contribution < 1.29 is 5.11 Å². The van der Waals surface area contributed by atoms with Gasteiger partial charge in [-0.05, 0) is 25.0 Å². The van der Waals surface area contributed by atoms with Crippen LogP contribution in [0.4, 0.5) is 0 Å². The molecule has 0 bridgehead atoms. The predicted molar refractivity (Wildman–Crippen MR) is 52.9 cm³/mol. The van der Waals surface area contributed by atoms with E-state index in [0.29, 0.717) is 0 Å². The van der Waals surface area contributed by atoms with Gasteiger partial charge in [0.25, 0.3) is 0 Å². The lowest BCUT2D eigenvalue weighted by atomic mass is 9.97. The highest BCUT2D eigenvalue weighted by molar-refractivity contribution is 5.27. The molecule has 1 saturated carbocycles. The molecule has 1 fully saturated rings. The molecule has 70 valence electrons. The lowest BCUT2D eigenvalue weighted by molar-refractivity contribution is 0.0809. The smallest absolute Gasteiger partial charge is 0.104 e. The van der Waals surface area contributed by atoms with Gasteiger partial charge >= 0.3 is 0 Å². The van der Waals surface area contributed by atoms with Crippen LogP contribution in [0.1, 0.15) is 25.7 Å². The van der Waals surface area contributed by atoms with E-state index in [2.05, 4.69) is 5.32 Å². The molecule has 1 aliphatic carbocycles. The van der Waals surface area contributed by atoms with E-state index in [4.69, 9.17) is 0 Å².